The topological polar surface area (TPSA) is 56.8 Å². The molecule has 2 rings (SSSR count). The van der Waals surface area contributed by atoms with E-state index in [1.54, 1.807) is 45.6 Å². The van der Waals surface area contributed by atoms with Crippen LogP contribution in [0.5, 0.6) is 17.2 Å². The van der Waals surface area contributed by atoms with E-state index in [2.05, 4.69) is 5.32 Å². The molecule has 0 bridgehead atoms. The van der Waals surface area contributed by atoms with Crippen molar-refractivity contribution < 1.29 is 19.0 Å². The Labute approximate surface area is 152 Å². The van der Waals surface area contributed by atoms with Crippen molar-refractivity contribution in [1.29, 1.82) is 0 Å². The fourth-order valence-corrected chi connectivity index (χ4v) is 2.68. The highest BCUT2D eigenvalue weighted by atomic mass is 35.5. The van der Waals surface area contributed by atoms with Crippen LogP contribution in [0, 0.1) is 0 Å². The summed E-state index contributed by atoms with van der Waals surface area (Å²) in [6.07, 6.45) is 0.203. The zero-order valence-corrected chi connectivity index (χ0v) is 15.5. The van der Waals surface area contributed by atoms with E-state index in [9.17, 15) is 4.79 Å². The maximum absolute atomic E-state index is 12.4. The van der Waals surface area contributed by atoms with E-state index < -0.39 is 0 Å². The normalized spacial score (nSPS) is 11.6. The molecule has 134 valence electrons. The van der Waals surface area contributed by atoms with Gasteiger partial charge in [0.25, 0.3) is 0 Å². The van der Waals surface area contributed by atoms with E-state index >= 15 is 0 Å². The number of carbonyl (C=O) groups is 1. The minimum Gasteiger partial charge on any atom is -0.493 e. The van der Waals surface area contributed by atoms with E-state index in [1.807, 2.05) is 19.1 Å². The smallest absolute Gasteiger partial charge is 0.224 e. The third-order valence-electron chi connectivity index (χ3n) is 3.84. The highest BCUT2D eigenvalue weighted by Gasteiger charge is 2.16. The lowest BCUT2D eigenvalue weighted by atomic mass is 10.1. The number of hydrogen-bond acceptors (Lipinski definition) is 4. The van der Waals surface area contributed by atoms with Crippen LogP contribution < -0.4 is 19.5 Å². The molecule has 25 heavy (non-hydrogen) atoms. The Hall–Kier alpha value is -2.40. The molecule has 0 fully saturated rings. The minimum atomic E-state index is -0.119. The Morgan fingerprint density at radius 2 is 1.60 bits per heavy atom. The van der Waals surface area contributed by atoms with Gasteiger partial charge in [-0.25, -0.2) is 0 Å². The van der Waals surface area contributed by atoms with Gasteiger partial charge in [-0.2, -0.15) is 0 Å². The van der Waals surface area contributed by atoms with Crippen molar-refractivity contribution in [3.63, 3.8) is 0 Å². The van der Waals surface area contributed by atoms with Gasteiger partial charge in [0.1, 0.15) is 0 Å². The van der Waals surface area contributed by atoms with Gasteiger partial charge in [0, 0.05) is 5.02 Å². The number of halogens is 1. The molecule has 6 heteroatoms. The molecule has 0 radical (unpaired) electrons. The van der Waals surface area contributed by atoms with Crippen molar-refractivity contribution in [1.82, 2.24) is 5.32 Å². The maximum Gasteiger partial charge on any atom is 0.224 e. The quantitative estimate of drug-likeness (QED) is 0.813. The van der Waals surface area contributed by atoms with Gasteiger partial charge < -0.3 is 19.5 Å². The van der Waals surface area contributed by atoms with Crippen molar-refractivity contribution in [3.8, 4) is 17.2 Å². The number of hydrogen-bond donors (Lipinski definition) is 1. The highest BCUT2D eigenvalue weighted by molar-refractivity contribution is 6.30. The summed E-state index contributed by atoms with van der Waals surface area (Å²) in [6.45, 7) is 1.93. The monoisotopic (exact) mass is 363 g/mol. The van der Waals surface area contributed by atoms with Crippen molar-refractivity contribution in [3.05, 3.63) is 52.5 Å². The lowest BCUT2D eigenvalue weighted by Gasteiger charge is -2.16. The SMILES string of the molecule is COc1cc(CC(=O)N[C@@H](C)c2ccc(Cl)cc2)cc(OC)c1OC. The van der Waals surface area contributed by atoms with Crippen LogP contribution in [-0.4, -0.2) is 27.2 Å². The Kier molecular flexibility index (Phi) is 6.53. The van der Waals surface area contributed by atoms with Gasteiger partial charge in [-0.05, 0) is 42.3 Å². The van der Waals surface area contributed by atoms with E-state index in [-0.39, 0.29) is 18.4 Å². The summed E-state index contributed by atoms with van der Waals surface area (Å²) in [5, 5.41) is 3.64. The van der Waals surface area contributed by atoms with Crippen LogP contribution >= 0.6 is 11.6 Å². The first-order chi connectivity index (χ1) is 12.0. The van der Waals surface area contributed by atoms with Crippen molar-refractivity contribution >= 4 is 17.5 Å². The molecule has 2 aromatic carbocycles. The summed E-state index contributed by atoms with van der Waals surface area (Å²) >= 11 is 5.89. The fraction of sp³-hybridized carbons (Fsp3) is 0.316. The van der Waals surface area contributed by atoms with E-state index in [4.69, 9.17) is 25.8 Å². The first-order valence-corrected chi connectivity index (χ1v) is 8.20. The molecule has 0 aliphatic rings. The van der Waals surface area contributed by atoms with Gasteiger partial charge in [-0.1, -0.05) is 23.7 Å². The van der Waals surface area contributed by atoms with Crippen LogP contribution in [0.25, 0.3) is 0 Å². The molecule has 1 atom stereocenters. The molecule has 1 N–H and O–H groups in total. The number of amides is 1. The summed E-state index contributed by atoms with van der Waals surface area (Å²) in [4.78, 5) is 12.4. The molecule has 5 nitrogen and oxygen atoms in total. The second kappa shape index (κ2) is 8.62. The van der Waals surface area contributed by atoms with Crippen LogP contribution in [0.3, 0.4) is 0 Å². The summed E-state index contributed by atoms with van der Waals surface area (Å²) in [6, 6.07) is 10.8. The summed E-state index contributed by atoms with van der Waals surface area (Å²) in [5.74, 6) is 1.45. The van der Waals surface area contributed by atoms with Gasteiger partial charge in [0.15, 0.2) is 11.5 Å². The molecule has 1 amide bonds. The molecule has 0 aliphatic carbocycles. The van der Waals surface area contributed by atoms with Crippen molar-refractivity contribution in [2.75, 3.05) is 21.3 Å². The van der Waals surface area contributed by atoms with Crippen molar-refractivity contribution in [2.24, 2.45) is 0 Å². The molecule has 0 spiro atoms. The predicted molar refractivity (Wildman–Crippen MR) is 97.8 cm³/mol. The molecule has 0 unspecified atom stereocenters. The van der Waals surface area contributed by atoms with E-state index in [0.29, 0.717) is 22.3 Å². The van der Waals surface area contributed by atoms with E-state index in [0.717, 1.165) is 11.1 Å². The predicted octanol–water partition coefficient (Wildman–Crippen LogP) is 3.79. The molecule has 0 saturated carbocycles. The molecular weight excluding hydrogens is 342 g/mol. The van der Waals surface area contributed by atoms with Crippen LogP contribution in [0.2, 0.25) is 5.02 Å². The third kappa shape index (κ3) is 4.79. The molecule has 0 aliphatic heterocycles. The maximum atomic E-state index is 12.4. The second-order valence-corrected chi connectivity index (χ2v) is 5.99. The minimum absolute atomic E-state index is 0.100. The first-order valence-electron chi connectivity index (χ1n) is 7.82. The Morgan fingerprint density at radius 3 is 2.08 bits per heavy atom. The van der Waals surface area contributed by atoms with E-state index in [1.165, 1.54) is 0 Å². The zero-order chi connectivity index (χ0) is 18.4. The summed E-state index contributed by atoms with van der Waals surface area (Å²) in [5.41, 5.74) is 1.76. The van der Waals surface area contributed by atoms with Crippen LogP contribution in [-0.2, 0) is 11.2 Å². The number of rotatable bonds is 7. The molecule has 2 aromatic rings. The van der Waals surface area contributed by atoms with Gasteiger partial charge in [0.2, 0.25) is 11.7 Å². The average Bonchev–Trinajstić information content (AvgIpc) is 2.61. The number of methoxy groups -OCH3 is 3. The van der Waals surface area contributed by atoms with Crippen LogP contribution in [0.15, 0.2) is 36.4 Å². The van der Waals surface area contributed by atoms with Gasteiger partial charge in [-0.3, -0.25) is 4.79 Å². The molecule has 0 saturated heterocycles. The first kappa shape index (κ1) is 18.9. The molecule has 0 heterocycles. The largest absolute Gasteiger partial charge is 0.493 e. The summed E-state index contributed by atoms with van der Waals surface area (Å²) < 4.78 is 15.9. The highest BCUT2D eigenvalue weighted by Crippen LogP contribution is 2.38. The van der Waals surface area contributed by atoms with Crippen LogP contribution in [0.1, 0.15) is 24.1 Å². The zero-order valence-electron chi connectivity index (χ0n) is 14.8. The van der Waals surface area contributed by atoms with Crippen molar-refractivity contribution in [2.45, 2.75) is 19.4 Å². The van der Waals surface area contributed by atoms with Gasteiger partial charge >= 0.3 is 0 Å². The molecule has 0 aromatic heterocycles. The van der Waals surface area contributed by atoms with Gasteiger partial charge in [0.05, 0.1) is 33.8 Å². The summed E-state index contributed by atoms with van der Waals surface area (Å²) in [7, 11) is 4.63. The standard InChI is InChI=1S/C19H22ClNO4/c1-12(14-5-7-15(20)8-6-14)21-18(22)11-13-9-16(23-2)19(25-4)17(10-13)24-3/h5-10,12H,11H2,1-4H3,(H,21,22)/t12-/m0/s1. The number of carbonyl (C=O) groups excluding carboxylic acids is 1. The Balaban J connectivity index is 2.10. The fourth-order valence-electron chi connectivity index (χ4n) is 2.55. The lowest BCUT2D eigenvalue weighted by Crippen LogP contribution is -2.28. The van der Waals surface area contributed by atoms with Gasteiger partial charge in [-0.15, -0.1) is 0 Å². The number of nitrogens with one attached hydrogen (secondary N) is 1. The third-order valence-corrected chi connectivity index (χ3v) is 4.09. The lowest BCUT2D eigenvalue weighted by molar-refractivity contribution is -0.121. The average molecular weight is 364 g/mol. The Bertz CT molecular complexity index is 706. The molecular formula is C19H22ClNO4. The number of ether oxygens (including phenoxy) is 3. The second-order valence-electron chi connectivity index (χ2n) is 5.55. The Morgan fingerprint density at radius 1 is 1.04 bits per heavy atom. The van der Waals surface area contributed by atoms with Crippen LogP contribution in [0.4, 0.5) is 0 Å². The number of benzene rings is 2.